The highest BCUT2D eigenvalue weighted by Gasteiger charge is 2.05. The Morgan fingerprint density at radius 1 is 0.880 bits per heavy atom. The molecule has 4 N–H and O–H groups in total. The van der Waals surface area contributed by atoms with Gasteiger partial charge in [0.1, 0.15) is 0 Å². The van der Waals surface area contributed by atoms with Crippen LogP contribution in [0, 0.1) is 0 Å². The van der Waals surface area contributed by atoms with Gasteiger partial charge in [0.05, 0.1) is 12.7 Å². The number of amides is 2. The normalized spacial score (nSPS) is 10.8. The van der Waals surface area contributed by atoms with Crippen LogP contribution in [0.3, 0.4) is 0 Å². The molecule has 2 aromatic carbocycles. The van der Waals surface area contributed by atoms with Gasteiger partial charge in [-0.15, -0.1) is 0 Å². The van der Waals surface area contributed by atoms with E-state index in [1.807, 2.05) is 0 Å². The third kappa shape index (κ3) is 6.51. The van der Waals surface area contributed by atoms with Crippen molar-refractivity contribution in [1.82, 2.24) is 0 Å². The molecule has 0 saturated heterocycles. The van der Waals surface area contributed by atoms with Gasteiger partial charge >= 0.3 is 12.0 Å². The number of hydrogen-bond acceptors (Lipinski definition) is 4. The highest BCUT2D eigenvalue weighted by Crippen LogP contribution is 2.15. The fraction of sp³-hybridized carbons (Fsp3) is 0.125. The van der Waals surface area contributed by atoms with Crippen LogP contribution in [0.4, 0.5) is 21.9 Å². The van der Waals surface area contributed by atoms with E-state index in [-0.39, 0.29) is 6.42 Å². The van der Waals surface area contributed by atoms with Crippen molar-refractivity contribution in [2.45, 2.75) is 6.42 Å². The standard InChI is InChI=1S/C16H17N3O5S/c1-25(23,24)19-14-8-6-13(7-9-14)18-16(22)17-12-4-2-11(3-5-12)10-15(20)21/h2-9,19H,10H2,1H3,(H,20,21)(H2,17,18,22). The van der Waals surface area contributed by atoms with Gasteiger partial charge in [0, 0.05) is 17.1 Å². The van der Waals surface area contributed by atoms with Gasteiger partial charge in [-0.25, -0.2) is 13.2 Å². The summed E-state index contributed by atoms with van der Waals surface area (Å²) in [5.74, 6) is -0.924. The maximum Gasteiger partial charge on any atom is 0.323 e. The molecule has 0 aliphatic heterocycles. The first-order valence-corrected chi connectivity index (χ1v) is 9.07. The van der Waals surface area contributed by atoms with Crippen LogP contribution in [-0.2, 0) is 21.2 Å². The smallest absolute Gasteiger partial charge is 0.323 e. The minimum absolute atomic E-state index is 0.0830. The first-order chi connectivity index (χ1) is 11.7. The molecule has 0 aliphatic carbocycles. The minimum Gasteiger partial charge on any atom is -0.481 e. The molecule has 25 heavy (non-hydrogen) atoms. The zero-order chi connectivity index (χ0) is 18.4. The Hall–Kier alpha value is -3.07. The first-order valence-electron chi connectivity index (χ1n) is 7.18. The van der Waals surface area contributed by atoms with Crippen LogP contribution in [0.25, 0.3) is 0 Å². The molecule has 2 rings (SSSR count). The number of carbonyl (C=O) groups is 2. The molecule has 8 nitrogen and oxygen atoms in total. The summed E-state index contributed by atoms with van der Waals surface area (Å²) >= 11 is 0. The zero-order valence-corrected chi connectivity index (χ0v) is 14.1. The van der Waals surface area contributed by atoms with E-state index in [9.17, 15) is 18.0 Å². The average Bonchev–Trinajstić information content (AvgIpc) is 2.49. The van der Waals surface area contributed by atoms with Gasteiger partial charge in [-0.2, -0.15) is 0 Å². The van der Waals surface area contributed by atoms with Crippen molar-refractivity contribution < 1.29 is 23.1 Å². The molecule has 2 amide bonds. The fourth-order valence-electron chi connectivity index (χ4n) is 2.01. The van der Waals surface area contributed by atoms with E-state index in [1.54, 1.807) is 36.4 Å². The van der Waals surface area contributed by atoms with Crippen molar-refractivity contribution >= 4 is 39.1 Å². The van der Waals surface area contributed by atoms with E-state index >= 15 is 0 Å². The maximum atomic E-state index is 11.9. The summed E-state index contributed by atoms with van der Waals surface area (Å²) in [7, 11) is -3.35. The summed E-state index contributed by atoms with van der Waals surface area (Å²) in [4.78, 5) is 22.5. The molecule has 132 valence electrons. The number of carboxylic acid groups (broad SMARTS) is 1. The Morgan fingerprint density at radius 3 is 1.76 bits per heavy atom. The molecule has 0 aliphatic rings. The molecule has 0 aromatic heterocycles. The highest BCUT2D eigenvalue weighted by atomic mass is 32.2. The summed E-state index contributed by atoms with van der Waals surface area (Å²) in [5.41, 5.74) is 2.02. The van der Waals surface area contributed by atoms with Gasteiger partial charge < -0.3 is 15.7 Å². The summed E-state index contributed by atoms with van der Waals surface area (Å²) in [6, 6.07) is 12.1. The number of carbonyl (C=O) groups excluding carboxylic acids is 1. The van der Waals surface area contributed by atoms with Crippen molar-refractivity contribution in [2.75, 3.05) is 21.6 Å². The number of rotatable bonds is 6. The lowest BCUT2D eigenvalue weighted by Gasteiger charge is -2.09. The number of urea groups is 1. The summed E-state index contributed by atoms with van der Waals surface area (Å²) < 4.78 is 24.6. The number of carboxylic acids is 1. The van der Waals surface area contributed by atoms with Gasteiger partial charge in [-0.05, 0) is 42.0 Å². The average molecular weight is 363 g/mol. The van der Waals surface area contributed by atoms with Crippen LogP contribution < -0.4 is 15.4 Å². The number of sulfonamides is 1. The second-order valence-electron chi connectivity index (χ2n) is 5.30. The Bertz CT molecular complexity index is 862. The largest absolute Gasteiger partial charge is 0.481 e. The molecule has 0 atom stereocenters. The van der Waals surface area contributed by atoms with Crippen LogP contribution in [0.1, 0.15) is 5.56 Å². The van der Waals surface area contributed by atoms with Crippen LogP contribution in [-0.4, -0.2) is 31.8 Å². The van der Waals surface area contributed by atoms with Gasteiger partial charge in [-0.3, -0.25) is 9.52 Å². The number of anilines is 3. The van der Waals surface area contributed by atoms with Gasteiger partial charge in [0.15, 0.2) is 0 Å². The second kappa shape index (κ2) is 7.67. The van der Waals surface area contributed by atoms with Crippen molar-refractivity contribution in [2.24, 2.45) is 0 Å². The van der Waals surface area contributed by atoms with Gasteiger partial charge in [0.2, 0.25) is 10.0 Å². The lowest BCUT2D eigenvalue weighted by molar-refractivity contribution is -0.136. The Labute approximate surface area is 144 Å². The van der Waals surface area contributed by atoms with Crippen molar-refractivity contribution in [3.63, 3.8) is 0 Å². The van der Waals surface area contributed by atoms with Crippen molar-refractivity contribution in [3.8, 4) is 0 Å². The van der Waals surface area contributed by atoms with Crippen molar-refractivity contribution in [3.05, 3.63) is 54.1 Å². The monoisotopic (exact) mass is 363 g/mol. The Balaban J connectivity index is 1.92. The number of aliphatic carboxylic acids is 1. The number of hydrogen-bond donors (Lipinski definition) is 4. The quantitative estimate of drug-likeness (QED) is 0.627. The molecule has 0 bridgehead atoms. The molecule has 2 aromatic rings. The predicted molar refractivity (Wildman–Crippen MR) is 95.3 cm³/mol. The van der Waals surface area contributed by atoms with Crippen LogP contribution in [0.5, 0.6) is 0 Å². The molecule has 0 spiro atoms. The molecule has 0 fully saturated rings. The predicted octanol–water partition coefficient (Wildman–Crippen LogP) is 2.33. The molecule has 9 heteroatoms. The SMILES string of the molecule is CS(=O)(=O)Nc1ccc(NC(=O)Nc2ccc(CC(=O)O)cc2)cc1. The third-order valence-electron chi connectivity index (χ3n) is 3.01. The molecule has 0 unspecified atom stereocenters. The molecule has 0 radical (unpaired) electrons. The van der Waals surface area contributed by atoms with E-state index in [4.69, 9.17) is 5.11 Å². The molecule has 0 heterocycles. The number of benzene rings is 2. The Morgan fingerprint density at radius 2 is 1.32 bits per heavy atom. The molecular weight excluding hydrogens is 346 g/mol. The second-order valence-corrected chi connectivity index (χ2v) is 7.05. The summed E-state index contributed by atoms with van der Waals surface area (Å²) in [5, 5.41) is 13.9. The third-order valence-corrected chi connectivity index (χ3v) is 3.62. The lowest BCUT2D eigenvalue weighted by Crippen LogP contribution is -2.19. The molecule has 0 saturated carbocycles. The van der Waals surface area contributed by atoms with Crippen LogP contribution >= 0.6 is 0 Å². The maximum absolute atomic E-state index is 11.9. The van der Waals surface area contributed by atoms with Gasteiger partial charge in [-0.1, -0.05) is 12.1 Å². The molecular formula is C16H17N3O5S. The topological polar surface area (TPSA) is 125 Å². The van der Waals surface area contributed by atoms with E-state index in [1.165, 1.54) is 12.1 Å². The lowest BCUT2D eigenvalue weighted by atomic mass is 10.1. The van der Waals surface area contributed by atoms with Crippen molar-refractivity contribution in [1.29, 1.82) is 0 Å². The Kier molecular flexibility index (Phi) is 5.60. The zero-order valence-electron chi connectivity index (χ0n) is 13.3. The van der Waals surface area contributed by atoms with Crippen LogP contribution in [0.15, 0.2) is 48.5 Å². The first kappa shape index (κ1) is 18.3. The summed E-state index contributed by atoms with van der Waals surface area (Å²) in [6.45, 7) is 0. The highest BCUT2D eigenvalue weighted by molar-refractivity contribution is 7.92. The van der Waals surface area contributed by atoms with E-state index in [0.717, 1.165) is 6.26 Å². The summed E-state index contributed by atoms with van der Waals surface area (Å²) in [6.07, 6.45) is 0.967. The van der Waals surface area contributed by atoms with E-state index in [2.05, 4.69) is 15.4 Å². The minimum atomic E-state index is -3.35. The van der Waals surface area contributed by atoms with E-state index < -0.39 is 22.0 Å². The van der Waals surface area contributed by atoms with Crippen LogP contribution in [0.2, 0.25) is 0 Å². The fourth-order valence-corrected chi connectivity index (χ4v) is 2.57. The van der Waals surface area contributed by atoms with E-state index in [0.29, 0.717) is 22.6 Å². The van der Waals surface area contributed by atoms with Gasteiger partial charge in [0.25, 0.3) is 0 Å². The number of nitrogens with one attached hydrogen (secondary N) is 3.